The first-order valence-corrected chi connectivity index (χ1v) is 12.1. The van der Waals surface area contributed by atoms with Gasteiger partial charge in [0.15, 0.2) is 0 Å². The van der Waals surface area contributed by atoms with Crippen molar-refractivity contribution in [1.82, 2.24) is 7.06 Å². The van der Waals surface area contributed by atoms with E-state index in [4.69, 9.17) is 9.47 Å². The molecule has 5 aliphatic rings. The molecular weight excluding hydrogens is 514 g/mol. The summed E-state index contributed by atoms with van der Waals surface area (Å²) in [6, 6.07) is 0. The zero-order valence-electron chi connectivity index (χ0n) is 12.3. The number of aliphatic hydroxyl groups is 1. The van der Waals surface area contributed by atoms with Crippen molar-refractivity contribution < 1.29 is 19.4 Å². The van der Waals surface area contributed by atoms with Gasteiger partial charge in [0.25, 0.3) is 0 Å². The molecule has 22 heavy (non-hydrogen) atoms. The summed E-state index contributed by atoms with van der Waals surface area (Å²) in [6.45, 7) is 2.60. The number of aliphatic hydroxyl groups excluding tert-OH is 1. The number of ether oxygens (including phenoxy) is 2. The van der Waals surface area contributed by atoms with Crippen LogP contribution in [0.1, 0.15) is 32.6 Å². The van der Waals surface area contributed by atoms with Gasteiger partial charge in [-0.3, -0.25) is 0 Å². The summed E-state index contributed by atoms with van der Waals surface area (Å²) in [5.41, 5.74) is 0.0430. The number of hydrogen-bond acceptors (Lipinski definition) is 6. The van der Waals surface area contributed by atoms with Gasteiger partial charge in [-0.15, -0.1) is 0 Å². The monoisotopic (exact) mass is 534 g/mol. The molecular formula is C14H20I2N2O4. The third-order valence-corrected chi connectivity index (χ3v) is 13.3. The molecule has 0 aromatic carbocycles. The van der Waals surface area contributed by atoms with Crippen molar-refractivity contribution in [2.75, 3.05) is 6.61 Å². The van der Waals surface area contributed by atoms with Crippen LogP contribution < -0.4 is 7.06 Å². The summed E-state index contributed by atoms with van der Waals surface area (Å²) in [5.74, 6) is 0.895. The molecule has 0 aromatic heterocycles. The van der Waals surface area contributed by atoms with Gasteiger partial charge >= 0.3 is 151 Å². The number of alkyl halides is 2. The molecule has 6 nitrogen and oxygen atoms in total. The van der Waals surface area contributed by atoms with Gasteiger partial charge in [0.2, 0.25) is 0 Å². The zero-order chi connectivity index (χ0) is 15.3. The van der Waals surface area contributed by atoms with Crippen molar-refractivity contribution in [1.29, 1.82) is 0 Å². The average Bonchev–Trinajstić information content (AvgIpc) is 3.17. The van der Waals surface area contributed by atoms with E-state index in [2.05, 4.69) is 29.7 Å². The number of nitrogens with one attached hydrogen (secondary N) is 2. The first-order chi connectivity index (χ1) is 10.4. The van der Waals surface area contributed by atoms with E-state index in [0.717, 1.165) is 19.3 Å². The fraction of sp³-hybridized carbons (Fsp3) is 0.929. The minimum absolute atomic E-state index is 0.00499. The fourth-order valence-corrected chi connectivity index (χ4v) is 12.6. The second-order valence-corrected chi connectivity index (χ2v) is 14.0. The van der Waals surface area contributed by atoms with Crippen LogP contribution >= 0.6 is 43.0 Å². The molecule has 2 saturated carbocycles. The summed E-state index contributed by atoms with van der Waals surface area (Å²) in [6.07, 6.45) is 3.29. The van der Waals surface area contributed by atoms with E-state index in [1.54, 1.807) is 0 Å². The third-order valence-electron chi connectivity index (χ3n) is 6.18. The number of carbonyl (C=O) groups is 1. The Bertz CT molecular complexity index is 549. The normalized spacial score (nSPS) is 50.8. The molecule has 0 aromatic rings. The first-order valence-electron chi connectivity index (χ1n) is 7.81. The Kier molecular flexibility index (Phi) is 3.07. The van der Waals surface area contributed by atoms with Crippen molar-refractivity contribution in [3.05, 3.63) is 0 Å². The third kappa shape index (κ3) is 1.88. The minimum atomic E-state index is -1.16. The maximum atomic E-state index is 12.7. The Labute approximate surface area is 150 Å². The van der Waals surface area contributed by atoms with Gasteiger partial charge < -0.3 is 0 Å². The topological polar surface area (TPSA) is 99.6 Å². The predicted molar refractivity (Wildman–Crippen MR) is 95.2 cm³/mol. The molecule has 5 fully saturated rings. The van der Waals surface area contributed by atoms with Gasteiger partial charge in [-0.25, -0.2) is 0 Å². The van der Waals surface area contributed by atoms with E-state index in [9.17, 15) is 9.90 Å². The molecule has 6 atom stereocenters. The molecule has 3 saturated heterocycles. The van der Waals surface area contributed by atoms with Crippen LogP contribution in [0.2, 0.25) is 0 Å². The Morgan fingerprint density at radius 1 is 1.45 bits per heavy atom. The van der Waals surface area contributed by atoms with E-state index < -0.39 is 30.1 Å². The van der Waals surface area contributed by atoms with E-state index in [1.165, 1.54) is 0 Å². The van der Waals surface area contributed by atoms with E-state index in [0.29, 0.717) is 24.9 Å². The summed E-state index contributed by atoms with van der Waals surface area (Å²) < 4.78 is 17.7. The van der Waals surface area contributed by atoms with Crippen LogP contribution in [0.4, 0.5) is 0 Å². The number of hydrogen-bond donors (Lipinski definition) is 3. The number of rotatable bonds is 3. The quantitative estimate of drug-likeness (QED) is 0.127. The molecule has 2 aliphatic carbocycles. The van der Waals surface area contributed by atoms with Gasteiger partial charge in [0, 0.05) is 0 Å². The molecule has 0 amide bonds. The van der Waals surface area contributed by atoms with Gasteiger partial charge in [-0.1, -0.05) is 0 Å². The molecule has 0 radical (unpaired) electrons. The zero-order valence-corrected chi connectivity index (χ0v) is 16.6. The molecule has 5 rings (SSSR count). The Balaban J connectivity index is 1.31. The van der Waals surface area contributed by atoms with Gasteiger partial charge in [-0.2, -0.15) is 0 Å². The van der Waals surface area contributed by atoms with Crippen LogP contribution in [0.15, 0.2) is 0 Å². The molecule has 3 aliphatic heterocycles. The van der Waals surface area contributed by atoms with Gasteiger partial charge in [-0.05, 0) is 0 Å². The van der Waals surface area contributed by atoms with Crippen LogP contribution in [0, 0.1) is 17.3 Å². The van der Waals surface area contributed by atoms with Crippen molar-refractivity contribution in [3.8, 4) is 0 Å². The van der Waals surface area contributed by atoms with Crippen molar-refractivity contribution in [3.63, 3.8) is 0 Å². The summed E-state index contributed by atoms with van der Waals surface area (Å²) in [5, 5.41) is 9.76. The number of esters is 1. The SMILES string of the molecule is CC(I)(C(=O)OC1CC2CC1C1(COC(O)C1)C2)C12NI1N2. The summed E-state index contributed by atoms with van der Waals surface area (Å²) in [7, 11) is 0. The molecule has 1 spiro atoms. The standard InChI is InChI=1S/C14H20I2N2O4/c1-12(15,14-16(17-14)18-14)11(20)22-9-3-7-2-8(9)13(4-7)5-10(19)21-6-13/h7-10,17-19H,2-6H2,1H3. The summed E-state index contributed by atoms with van der Waals surface area (Å²) in [4.78, 5) is 12.7. The van der Waals surface area contributed by atoms with Gasteiger partial charge in [0.05, 0.1) is 0 Å². The molecule has 3 heterocycles. The Morgan fingerprint density at radius 2 is 2.18 bits per heavy atom. The van der Waals surface area contributed by atoms with E-state index in [-0.39, 0.29) is 21.2 Å². The first kappa shape index (κ1) is 15.1. The van der Waals surface area contributed by atoms with Crippen LogP contribution in [0.5, 0.6) is 0 Å². The van der Waals surface area contributed by atoms with Crippen molar-refractivity contribution in [2.24, 2.45) is 17.3 Å². The van der Waals surface area contributed by atoms with Gasteiger partial charge in [0.1, 0.15) is 0 Å². The molecule has 6 unspecified atom stereocenters. The number of fused-ring (bicyclic) bond motifs is 4. The number of carbonyl (C=O) groups excluding carboxylic acids is 1. The Morgan fingerprint density at radius 3 is 2.73 bits per heavy atom. The van der Waals surface area contributed by atoms with Crippen LogP contribution in [0.3, 0.4) is 0 Å². The van der Waals surface area contributed by atoms with E-state index in [1.807, 2.05) is 6.92 Å². The molecule has 2 bridgehead atoms. The second-order valence-electron chi connectivity index (χ2n) is 7.56. The Hall–Kier alpha value is 0.770. The fourth-order valence-electron chi connectivity index (χ4n) is 4.86. The number of halogens is 2. The molecule has 8 heteroatoms. The van der Waals surface area contributed by atoms with E-state index >= 15 is 0 Å². The molecule has 124 valence electrons. The average molecular weight is 534 g/mol. The van der Waals surface area contributed by atoms with Crippen LogP contribution in [0.25, 0.3) is 0 Å². The van der Waals surface area contributed by atoms with Crippen LogP contribution in [-0.2, 0) is 14.3 Å². The predicted octanol–water partition coefficient (Wildman–Crippen LogP) is 1.44. The van der Waals surface area contributed by atoms with Crippen LogP contribution in [-0.4, -0.2) is 37.2 Å². The molecule has 3 N–H and O–H groups in total. The van der Waals surface area contributed by atoms with Crippen molar-refractivity contribution >= 4 is 48.9 Å². The maximum absolute atomic E-state index is 12.7. The summed E-state index contributed by atoms with van der Waals surface area (Å²) >= 11 is 1.08. The van der Waals surface area contributed by atoms with Crippen molar-refractivity contribution in [2.45, 2.75) is 52.1 Å². The second kappa shape index (κ2) is 4.48.